The maximum atomic E-state index is 11.9. The molecule has 0 spiro atoms. The highest BCUT2D eigenvalue weighted by Crippen LogP contribution is 2.19. The summed E-state index contributed by atoms with van der Waals surface area (Å²) in [6.07, 6.45) is -6.91. The van der Waals surface area contributed by atoms with Gasteiger partial charge in [0.15, 0.2) is 5.78 Å². The van der Waals surface area contributed by atoms with Gasteiger partial charge in [0.25, 0.3) is 0 Å². The summed E-state index contributed by atoms with van der Waals surface area (Å²) < 4.78 is 60.2. The van der Waals surface area contributed by atoms with E-state index in [2.05, 4.69) is 41.8 Å². The number of hydrogen-bond donors (Lipinski definition) is 0. The second kappa shape index (κ2) is 10.5. The normalized spacial score (nSPS) is 10.9. The molecule has 0 aliphatic rings. The first-order valence-electron chi connectivity index (χ1n) is 7.10. The highest BCUT2D eigenvalue weighted by Gasteiger charge is 2.39. The standard InChI is InChI=1S/C9H5BrF3NO2.C7H4BrF2NO/c10-8-2-1-5(4-14-8)6(15)3-7(16)9(11,12)13;8-5-2-1-4(3-11-5)6(12)7(9)10/h1-2,4H,3H2;1-3,7H. The Morgan fingerprint density at radius 1 is 0.893 bits per heavy atom. The molecule has 0 fully saturated rings. The Hall–Kier alpha value is -2.08. The van der Waals surface area contributed by atoms with Gasteiger partial charge in [-0.1, -0.05) is 0 Å². The van der Waals surface area contributed by atoms with Crippen LogP contribution < -0.4 is 0 Å². The molecule has 28 heavy (non-hydrogen) atoms. The monoisotopic (exact) mass is 530 g/mol. The van der Waals surface area contributed by atoms with Crippen molar-refractivity contribution < 1.29 is 36.3 Å². The number of hydrogen-bond acceptors (Lipinski definition) is 5. The first kappa shape index (κ1) is 24.0. The quantitative estimate of drug-likeness (QED) is 0.239. The zero-order valence-corrected chi connectivity index (χ0v) is 16.7. The minimum absolute atomic E-state index is 0.0270. The van der Waals surface area contributed by atoms with E-state index in [0.717, 1.165) is 12.4 Å². The molecule has 0 aliphatic heterocycles. The van der Waals surface area contributed by atoms with Crippen LogP contribution in [0.15, 0.2) is 45.9 Å². The van der Waals surface area contributed by atoms with E-state index in [-0.39, 0.29) is 11.1 Å². The number of nitrogens with zero attached hydrogens (tertiary/aromatic N) is 2. The summed E-state index contributed by atoms with van der Waals surface area (Å²) in [5, 5.41) is 0. The van der Waals surface area contributed by atoms with Gasteiger partial charge in [-0.15, -0.1) is 0 Å². The number of aromatic nitrogens is 2. The van der Waals surface area contributed by atoms with Gasteiger partial charge in [-0.2, -0.15) is 13.2 Å². The van der Waals surface area contributed by atoms with Crippen LogP contribution in [0, 0.1) is 0 Å². The number of rotatable bonds is 5. The molecule has 2 aromatic rings. The Bertz CT molecular complexity index is 841. The second-order valence-electron chi connectivity index (χ2n) is 4.93. The van der Waals surface area contributed by atoms with Crippen molar-refractivity contribution in [3.05, 3.63) is 57.0 Å². The van der Waals surface area contributed by atoms with E-state index in [0.29, 0.717) is 9.21 Å². The molecule has 0 radical (unpaired) electrons. The van der Waals surface area contributed by atoms with E-state index >= 15 is 0 Å². The third-order valence-electron chi connectivity index (χ3n) is 2.90. The highest BCUT2D eigenvalue weighted by molar-refractivity contribution is 9.10. The van der Waals surface area contributed by atoms with Gasteiger partial charge in [0.1, 0.15) is 9.21 Å². The predicted molar refractivity (Wildman–Crippen MR) is 94.2 cm³/mol. The van der Waals surface area contributed by atoms with Crippen molar-refractivity contribution in [2.75, 3.05) is 0 Å². The molecule has 0 bridgehead atoms. The van der Waals surface area contributed by atoms with Crippen LogP contribution >= 0.6 is 31.9 Å². The van der Waals surface area contributed by atoms with Crippen molar-refractivity contribution in [3.63, 3.8) is 0 Å². The van der Waals surface area contributed by atoms with E-state index in [1.54, 1.807) is 0 Å². The van der Waals surface area contributed by atoms with Gasteiger partial charge in [-0.05, 0) is 56.1 Å². The predicted octanol–water partition coefficient (Wildman–Crippen LogP) is 4.84. The molecule has 0 amide bonds. The number of ketones is 3. The van der Waals surface area contributed by atoms with Gasteiger partial charge in [0, 0.05) is 23.5 Å². The Labute approximate surface area is 171 Å². The summed E-state index contributed by atoms with van der Waals surface area (Å²) in [4.78, 5) is 39.7. The Morgan fingerprint density at radius 2 is 1.36 bits per heavy atom. The lowest BCUT2D eigenvalue weighted by Gasteiger charge is -2.04. The molecule has 0 N–H and O–H groups in total. The highest BCUT2D eigenvalue weighted by atomic mass is 79.9. The molecular weight excluding hydrogens is 523 g/mol. The minimum Gasteiger partial charge on any atom is -0.294 e. The summed E-state index contributed by atoms with van der Waals surface area (Å²) in [6, 6.07) is 5.44. The third kappa shape index (κ3) is 7.89. The number of pyridine rings is 2. The molecule has 0 aliphatic carbocycles. The fourth-order valence-electron chi connectivity index (χ4n) is 1.54. The first-order chi connectivity index (χ1) is 12.9. The zero-order valence-electron chi connectivity index (χ0n) is 13.5. The number of Topliss-reactive ketones (excluding diaryl/α,β-unsaturated/α-hetero) is 3. The van der Waals surface area contributed by atoms with Crippen molar-refractivity contribution in [1.29, 1.82) is 0 Å². The van der Waals surface area contributed by atoms with Crippen molar-refractivity contribution in [2.45, 2.75) is 19.0 Å². The summed E-state index contributed by atoms with van der Waals surface area (Å²) in [5.41, 5.74) is -0.103. The van der Waals surface area contributed by atoms with Crippen LogP contribution in [0.5, 0.6) is 0 Å². The molecule has 0 saturated heterocycles. The maximum absolute atomic E-state index is 11.9. The van der Waals surface area contributed by atoms with Crippen LogP contribution in [0.3, 0.4) is 0 Å². The van der Waals surface area contributed by atoms with Crippen molar-refractivity contribution in [2.24, 2.45) is 0 Å². The SMILES string of the molecule is O=C(CC(=O)C(F)(F)F)c1ccc(Br)nc1.O=C(c1ccc(Br)nc1)C(F)F. The fourth-order valence-corrected chi connectivity index (χ4v) is 2.01. The number of carbonyl (C=O) groups is 3. The molecule has 2 aromatic heterocycles. The van der Waals surface area contributed by atoms with E-state index in [1.807, 2.05) is 0 Å². The number of halogens is 7. The van der Waals surface area contributed by atoms with Crippen molar-refractivity contribution in [3.8, 4) is 0 Å². The van der Waals surface area contributed by atoms with Crippen LogP contribution in [0.2, 0.25) is 0 Å². The third-order valence-corrected chi connectivity index (χ3v) is 3.83. The van der Waals surface area contributed by atoms with Gasteiger partial charge in [-0.25, -0.2) is 18.7 Å². The summed E-state index contributed by atoms with van der Waals surface area (Å²) in [7, 11) is 0. The number of carbonyl (C=O) groups excluding carboxylic acids is 3. The van der Waals surface area contributed by atoms with Gasteiger partial charge in [0.05, 0.1) is 6.42 Å². The topological polar surface area (TPSA) is 77.0 Å². The molecule has 0 atom stereocenters. The molecule has 150 valence electrons. The van der Waals surface area contributed by atoms with Crippen molar-refractivity contribution in [1.82, 2.24) is 9.97 Å². The van der Waals surface area contributed by atoms with Crippen molar-refractivity contribution >= 4 is 49.2 Å². The Morgan fingerprint density at radius 3 is 1.71 bits per heavy atom. The second-order valence-corrected chi connectivity index (χ2v) is 6.55. The molecule has 2 rings (SSSR count). The maximum Gasteiger partial charge on any atom is 0.450 e. The Balaban J connectivity index is 0.000000292. The molecule has 5 nitrogen and oxygen atoms in total. The van der Waals surface area contributed by atoms with E-state index < -0.39 is 36.4 Å². The molecular formula is C16H9Br2F5N2O3. The summed E-state index contributed by atoms with van der Waals surface area (Å²) in [5.74, 6) is -4.15. The summed E-state index contributed by atoms with van der Waals surface area (Å²) >= 11 is 6.03. The summed E-state index contributed by atoms with van der Waals surface area (Å²) in [6.45, 7) is 0. The smallest absolute Gasteiger partial charge is 0.294 e. The largest absolute Gasteiger partial charge is 0.450 e. The van der Waals surface area contributed by atoms with Gasteiger partial charge < -0.3 is 0 Å². The molecule has 12 heteroatoms. The molecule has 0 aromatic carbocycles. The van der Waals surface area contributed by atoms with Crippen LogP contribution in [-0.2, 0) is 4.79 Å². The average Bonchev–Trinajstić information content (AvgIpc) is 2.62. The lowest BCUT2D eigenvalue weighted by Crippen LogP contribution is -2.25. The first-order valence-corrected chi connectivity index (χ1v) is 8.69. The van der Waals surface area contributed by atoms with Crippen LogP contribution in [0.1, 0.15) is 27.1 Å². The van der Waals surface area contributed by atoms with Gasteiger partial charge >= 0.3 is 12.6 Å². The van der Waals surface area contributed by atoms with Crippen LogP contribution in [0.4, 0.5) is 22.0 Å². The minimum atomic E-state index is -4.97. The molecule has 0 saturated carbocycles. The molecule has 0 unspecified atom stereocenters. The van der Waals surface area contributed by atoms with Gasteiger partial charge in [0.2, 0.25) is 11.6 Å². The van der Waals surface area contributed by atoms with E-state index in [1.165, 1.54) is 24.3 Å². The van der Waals surface area contributed by atoms with Crippen LogP contribution in [-0.4, -0.2) is 39.9 Å². The van der Waals surface area contributed by atoms with Gasteiger partial charge in [-0.3, -0.25) is 14.4 Å². The lowest BCUT2D eigenvalue weighted by molar-refractivity contribution is -0.170. The zero-order chi connectivity index (χ0) is 21.5. The fraction of sp³-hybridized carbons (Fsp3) is 0.188. The Kier molecular flexibility index (Phi) is 8.95. The molecule has 2 heterocycles. The lowest BCUT2D eigenvalue weighted by atomic mass is 10.1. The van der Waals surface area contributed by atoms with E-state index in [4.69, 9.17) is 0 Å². The average molecular weight is 532 g/mol. The van der Waals surface area contributed by atoms with E-state index in [9.17, 15) is 36.3 Å². The van der Waals surface area contributed by atoms with Crippen LogP contribution in [0.25, 0.3) is 0 Å². The number of alkyl halides is 5.